The molecule has 2 rings (SSSR count). The lowest BCUT2D eigenvalue weighted by atomic mass is 10.0. The highest BCUT2D eigenvalue weighted by Gasteiger charge is 2.27. The summed E-state index contributed by atoms with van der Waals surface area (Å²) in [5.74, 6) is -0.944. The summed E-state index contributed by atoms with van der Waals surface area (Å²) in [5.41, 5.74) is 6.36. The van der Waals surface area contributed by atoms with E-state index in [-0.39, 0.29) is 17.1 Å². The number of amides is 1. The van der Waals surface area contributed by atoms with Crippen molar-refractivity contribution >= 4 is 21.5 Å². The largest absolute Gasteiger partial charge is 0.369 e. The van der Waals surface area contributed by atoms with Gasteiger partial charge in [0.2, 0.25) is 5.91 Å². The lowest BCUT2D eigenvalue weighted by molar-refractivity contribution is -0.117. The van der Waals surface area contributed by atoms with Gasteiger partial charge in [-0.2, -0.15) is 0 Å². The third kappa shape index (κ3) is 3.84. The van der Waals surface area contributed by atoms with Gasteiger partial charge in [0.05, 0.1) is 4.90 Å². The fraction of sp³-hybridized carbons (Fsp3) is 0.176. The normalized spacial score (nSPS) is 12.6. The molecule has 0 spiro atoms. The second-order valence-corrected chi connectivity index (χ2v) is 7.47. The van der Waals surface area contributed by atoms with Gasteiger partial charge >= 0.3 is 0 Å². The highest BCUT2D eigenvalue weighted by Crippen LogP contribution is 2.17. The lowest BCUT2D eigenvalue weighted by Gasteiger charge is -2.10. The molecule has 2 aromatic carbocycles. The summed E-state index contributed by atoms with van der Waals surface area (Å²) in [5, 5.41) is -1.29. The second-order valence-electron chi connectivity index (χ2n) is 5.20. The molecule has 23 heavy (non-hydrogen) atoms. The van der Waals surface area contributed by atoms with Crippen LogP contribution >= 0.6 is 0 Å². The maximum atomic E-state index is 12.2. The van der Waals surface area contributed by atoms with E-state index in [0.717, 1.165) is 0 Å². The number of primary amides is 1. The number of hydrogen-bond acceptors (Lipinski definition) is 4. The average molecular weight is 331 g/mol. The standard InChI is InChI=1S/C17H17NO4S/c1-12(17(18)20)23(21,22)15-9-7-13(8-10-15)11-16(19)14-5-3-2-4-6-14/h2-10,12H,11H2,1H3,(H2,18,20). The second kappa shape index (κ2) is 6.75. The number of hydrogen-bond donors (Lipinski definition) is 1. The van der Waals surface area contributed by atoms with Crippen molar-refractivity contribution < 1.29 is 18.0 Å². The Hall–Kier alpha value is -2.47. The van der Waals surface area contributed by atoms with E-state index < -0.39 is 21.0 Å². The van der Waals surface area contributed by atoms with Crippen LogP contribution in [0.15, 0.2) is 59.5 Å². The quantitative estimate of drug-likeness (QED) is 0.816. The van der Waals surface area contributed by atoms with Crippen LogP contribution in [0.5, 0.6) is 0 Å². The Kier molecular flexibility index (Phi) is 4.95. The third-order valence-electron chi connectivity index (χ3n) is 3.58. The van der Waals surface area contributed by atoms with E-state index in [1.807, 2.05) is 6.07 Å². The first-order chi connectivity index (χ1) is 10.8. The van der Waals surface area contributed by atoms with Gasteiger partial charge in [-0.05, 0) is 24.6 Å². The Bertz CT molecular complexity index is 811. The number of rotatable bonds is 6. The summed E-state index contributed by atoms with van der Waals surface area (Å²) in [6.45, 7) is 1.25. The molecule has 0 aliphatic heterocycles. The first-order valence-corrected chi connectivity index (χ1v) is 8.57. The maximum absolute atomic E-state index is 12.2. The molecule has 6 heteroatoms. The van der Waals surface area contributed by atoms with Crippen molar-refractivity contribution in [2.75, 3.05) is 0 Å². The number of Topliss-reactive ketones (excluding diaryl/α,β-unsaturated/α-hetero) is 1. The Morgan fingerprint density at radius 3 is 2.09 bits per heavy atom. The molecule has 0 saturated carbocycles. The molecule has 1 amide bonds. The number of ketones is 1. The van der Waals surface area contributed by atoms with Gasteiger partial charge in [0, 0.05) is 12.0 Å². The summed E-state index contributed by atoms with van der Waals surface area (Å²) < 4.78 is 24.3. The summed E-state index contributed by atoms with van der Waals surface area (Å²) in [6.07, 6.45) is 0.176. The van der Waals surface area contributed by atoms with E-state index in [9.17, 15) is 18.0 Å². The minimum atomic E-state index is -3.80. The van der Waals surface area contributed by atoms with Crippen LogP contribution in [-0.2, 0) is 21.1 Å². The van der Waals surface area contributed by atoms with Crippen LogP contribution in [0.25, 0.3) is 0 Å². The Balaban J connectivity index is 2.17. The molecule has 5 nitrogen and oxygen atoms in total. The first-order valence-electron chi connectivity index (χ1n) is 7.03. The van der Waals surface area contributed by atoms with E-state index in [0.29, 0.717) is 11.1 Å². The van der Waals surface area contributed by atoms with Crippen molar-refractivity contribution in [3.63, 3.8) is 0 Å². The van der Waals surface area contributed by atoms with Crippen LogP contribution in [-0.4, -0.2) is 25.4 Å². The molecule has 0 aromatic heterocycles. The van der Waals surface area contributed by atoms with Crippen LogP contribution in [0.4, 0.5) is 0 Å². The number of carbonyl (C=O) groups is 2. The maximum Gasteiger partial charge on any atom is 0.235 e. The molecule has 0 saturated heterocycles. The molecule has 0 bridgehead atoms. The highest BCUT2D eigenvalue weighted by atomic mass is 32.2. The first kappa shape index (κ1) is 16.9. The van der Waals surface area contributed by atoms with E-state index in [1.54, 1.807) is 36.4 Å². The van der Waals surface area contributed by atoms with Crippen molar-refractivity contribution in [1.29, 1.82) is 0 Å². The van der Waals surface area contributed by atoms with Crippen molar-refractivity contribution in [1.82, 2.24) is 0 Å². The molecular weight excluding hydrogens is 314 g/mol. The molecule has 0 heterocycles. The van der Waals surface area contributed by atoms with E-state index in [4.69, 9.17) is 5.73 Å². The fourth-order valence-electron chi connectivity index (χ4n) is 2.07. The third-order valence-corrected chi connectivity index (χ3v) is 5.67. The minimum Gasteiger partial charge on any atom is -0.369 e. The van der Waals surface area contributed by atoms with Crippen LogP contribution in [0.3, 0.4) is 0 Å². The zero-order valence-corrected chi connectivity index (χ0v) is 13.4. The van der Waals surface area contributed by atoms with Crippen molar-refractivity contribution in [3.05, 3.63) is 65.7 Å². The Labute approximate surface area is 135 Å². The SMILES string of the molecule is CC(C(N)=O)S(=O)(=O)c1ccc(CC(=O)c2ccccc2)cc1. The van der Waals surface area contributed by atoms with E-state index in [1.165, 1.54) is 19.1 Å². The molecule has 1 atom stereocenters. The average Bonchev–Trinajstić information content (AvgIpc) is 2.55. The molecule has 0 aliphatic rings. The van der Waals surface area contributed by atoms with Crippen LogP contribution in [0, 0.1) is 0 Å². The highest BCUT2D eigenvalue weighted by molar-refractivity contribution is 7.92. The van der Waals surface area contributed by atoms with Gasteiger partial charge in [-0.15, -0.1) is 0 Å². The minimum absolute atomic E-state index is 0.0136. The van der Waals surface area contributed by atoms with Gasteiger partial charge in [0.15, 0.2) is 15.6 Å². The zero-order chi connectivity index (χ0) is 17.0. The van der Waals surface area contributed by atoms with Crippen LogP contribution in [0.2, 0.25) is 0 Å². The fourth-order valence-corrected chi connectivity index (χ4v) is 3.30. The van der Waals surface area contributed by atoms with Crippen molar-refractivity contribution in [3.8, 4) is 0 Å². The van der Waals surface area contributed by atoms with Gasteiger partial charge in [-0.25, -0.2) is 8.42 Å². The summed E-state index contributed by atoms with van der Waals surface area (Å²) in [7, 11) is -3.80. The smallest absolute Gasteiger partial charge is 0.235 e. The molecular formula is C17H17NO4S. The van der Waals surface area contributed by atoms with Crippen LogP contribution < -0.4 is 5.73 Å². The topological polar surface area (TPSA) is 94.3 Å². The Morgan fingerprint density at radius 2 is 1.57 bits per heavy atom. The lowest BCUT2D eigenvalue weighted by Crippen LogP contribution is -2.33. The predicted octanol–water partition coefficient (Wildman–Crippen LogP) is 1.76. The Morgan fingerprint density at radius 1 is 1.00 bits per heavy atom. The molecule has 0 radical (unpaired) electrons. The van der Waals surface area contributed by atoms with Gasteiger partial charge < -0.3 is 5.73 Å². The number of nitrogens with two attached hydrogens (primary N) is 1. The molecule has 120 valence electrons. The molecule has 1 unspecified atom stereocenters. The number of sulfone groups is 1. The number of benzene rings is 2. The van der Waals surface area contributed by atoms with Crippen LogP contribution in [0.1, 0.15) is 22.8 Å². The molecule has 0 aliphatic carbocycles. The molecule has 2 N–H and O–H groups in total. The van der Waals surface area contributed by atoms with E-state index >= 15 is 0 Å². The zero-order valence-electron chi connectivity index (χ0n) is 12.6. The molecule has 2 aromatic rings. The summed E-state index contributed by atoms with van der Waals surface area (Å²) >= 11 is 0. The monoisotopic (exact) mass is 331 g/mol. The predicted molar refractivity (Wildman–Crippen MR) is 86.8 cm³/mol. The number of carbonyl (C=O) groups excluding carboxylic acids is 2. The summed E-state index contributed by atoms with van der Waals surface area (Å²) in [6, 6.07) is 14.8. The van der Waals surface area contributed by atoms with Gasteiger partial charge in [0.1, 0.15) is 5.25 Å². The molecule has 0 fully saturated rings. The van der Waals surface area contributed by atoms with Crippen molar-refractivity contribution in [2.45, 2.75) is 23.5 Å². The van der Waals surface area contributed by atoms with Gasteiger partial charge in [-0.1, -0.05) is 42.5 Å². The van der Waals surface area contributed by atoms with Gasteiger partial charge in [0.25, 0.3) is 0 Å². The van der Waals surface area contributed by atoms with E-state index in [2.05, 4.69) is 0 Å². The van der Waals surface area contributed by atoms with Gasteiger partial charge in [-0.3, -0.25) is 9.59 Å². The summed E-state index contributed by atoms with van der Waals surface area (Å²) in [4.78, 5) is 23.2. The van der Waals surface area contributed by atoms with Crippen molar-refractivity contribution in [2.24, 2.45) is 5.73 Å².